The van der Waals surface area contributed by atoms with Crippen molar-refractivity contribution in [1.82, 2.24) is 19.4 Å². The Bertz CT molecular complexity index is 1200. The first kappa shape index (κ1) is 18.4. The van der Waals surface area contributed by atoms with Crippen LogP contribution in [0.25, 0.3) is 16.9 Å². The van der Waals surface area contributed by atoms with E-state index < -0.39 is 0 Å². The minimum atomic E-state index is -0.00190. The molecule has 0 bridgehead atoms. The van der Waals surface area contributed by atoms with Crippen molar-refractivity contribution in [3.8, 4) is 11.6 Å². The van der Waals surface area contributed by atoms with E-state index in [1.807, 2.05) is 70.1 Å². The van der Waals surface area contributed by atoms with Crippen LogP contribution in [0.1, 0.15) is 34.8 Å². The number of benzene rings is 2. The van der Waals surface area contributed by atoms with Crippen LogP contribution in [-0.4, -0.2) is 39.0 Å². The van der Waals surface area contributed by atoms with Crippen molar-refractivity contribution in [2.75, 3.05) is 13.7 Å². The van der Waals surface area contributed by atoms with E-state index in [0.717, 1.165) is 47.6 Å². The van der Waals surface area contributed by atoms with Gasteiger partial charge in [-0.1, -0.05) is 30.3 Å². The Labute approximate surface area is 174 Å². The lowest BCUT2D eigenvalue weighted by atomic mass is 10.0. The van der Waals surface area contributed by atoms with Gasteiger partial charge in [0, 0.05) is 18.3 Å². The molecule has 1 amide bonds. The van der Waals surface area contributed by atoms with E-state index in [9.17, 15) is 4.79 Å². The summed E-state index contributed by atoms with van der Waals surface area (Å²) in [6.07, 6.45) is 5.32. The van der Waals surface area contributed by atoms with Gasteiger partial charge in [0.15, 0.2) is 0 Å². The molecule has 0 unspecified atom stereocenters. The summed E-state index contributed by atoms with van der Waals surface area (Å²) in [6.45, 7) is 0.732. The highest BCUT2D eigenvalue weighted by Crippen LogP contribution is 2.37. The molecular weight excluding hydrogens is 376 g/mol. The Morgan fingerprint density at radius 1 is 1.03 bits per heavy atom. The topological polar surface area (TPSA) is 60.2 Å². The Balaban J connectivity index is 1.42. The summed E-state index contributed by atoms with van der Waals surface area (Å²) in [7, 11) is 1.67. The fourth-order valence-corrected chi connectivity index (χ4v) is 4.24. The number of fused-ring (bicyclic) bond motifs is 1. The Hall–Kier alpha value is -3.67. The van der Waals surface area contributed by atoms with E-state index in [-0.39, 0.29) is 11.9 Å². The number of amides is 1. The van der Waals surface area contributed by atoms with Gasteiger partial charge in [-0.25, -0.2) is 9.97 Å². The maximum absolute atomic E-state index is 13.3. The smallest absolute Gasteiger partial charge is 0.255 e. The summed E-state index contributed by atoms with van der Waals surface area (Å²) < 4.78 is 7.45. The lowest BCUT2D eigenvalue weighted by Crippen LogP contribution is -2.30. The summed E-state index contributed by atoms with van der Waals surface area (Å²) in [5.41, 5.74) is 3.54. The van der Waals surface area contributed by atoms with Gasteiger partial charge in [-0.15, -0.1) is 0 Å². The predicted molar refractivity (Wildman–Crippen MR) is 115 cm³/mol. The number of carbonyl (C=O) groups excluding carboxylic acids is 1. The molecular formula is C24H22N4O2. The maximum atomic E-state index is 13.3. The highest BCUT2D eigenvalue weighted by atomic mass is 16.5. The molecule has 2 aromatic carbocycles. The standard InChI is InChI=1S/C24H22N4O2/c1-30-22-11-5-2-7-18(22)20-10-6-14-27(20)24(29)17-12-13-23(25-15-17)28-16-26-19-8-3-4-9-21(19)28/h2-5,7-9,11-13,15-16,20H,6,10,14H2,1H3/t20-/m0/s1. The Morgan fingerprint density at radius 3 is 2.70 bits per heavy atom. The molecule has 1 aliphatic rings. The van der Waals surface area contributed by atoms with Crippen molar-refractivity contribution in [3.63, 3.8) is 0 Å². The highest BCUT2D eigenvalue weighted by molar-refractivity contribution is 5.94. The highest BCUT2D eigenvalue weighted by Gasteiger charge is 2.32. The molecule has 5 rings (SSSR count). The van der Waals surface area contributed by atoms with Crippen molar-refractivity contribution in [3.05, 3.63) is 84.3 Å². The van der Waals surface area contributed by atoms with E-state index in [4.69, 9.17) is 4.74 Å². The van der Waals surface area contributed by atoms with Gasteiger partial charge in [-0.2, -0.15) is 0 Å². The molecule has 1 fully saturated rings. The molecule has 1 saturated heterocycles. The van der Waals surface area contributed by atoms with E-state index in [0.29, 0.717) is 5.56 Å². The third-order valence-electron chi connectivity index (χ3n) is 5.71. The van der Waals surface area contributed by atoms with Gasteiger partial charge < -0.3 is 9.64 Å². The molecule has 0 aliphatic carbocycles. The number of methoxy groups -OCH3 is 1. The zero-order valence-corrected chi connectivity index (χ0v) is 16.7. The molecule has 150 valence electrons. The molecule has 2 aromatic heterocycles. The van der Waals surface area contributed by atoms with Crippen LogP contribution in [0.4, 0.5) is 0 Å². The van der Waals surface area contributed by atoms with Gasteiger partial charge in [-0.3, -0.25) is 9.36 Å². The number of imidazole rings is 1. The molecule has 6 nitrogen and oxygen atoms in total. The summed E-state index contributed by atoms with van der Waals surface area (Å²) in [6, 6.07) is 19.6. The van der Waals surface area contributed by atoms with Crippen molar-refractivity contribution in [2.45, 2.75) is 18.9 Å². The summed E-state index contributed by atoms with van der Waals surface area (Å²) >= 11 is 0. The molecule has 3 heterocycles. The predicted octanol–water partition coefficient (Wildman–Crippen LogP) is 4.41. The summed E-state index contributed by atoms with van der Waals surface area (Å²) in [5.74, 6) is 1.56. The van der Waals surface area contributed by atoms with Gasteiger partial charge in [-0.05, 0) is 43.2 Å². The van der Waals surface area contributed by atoms with Crippen LogP contribution in [0.3, 0.4) is 0 Å². The van der Waals surface area contributed by atoms with Crippen LogP contribution in [0.15, 0.2) is 73.2 Å². The fraction of sp³-hybridized carbons (Fsp3) is 0.208. The van der Waals surface area contributed by atoms with E-state index in [1.54, 1.807) is 19.6 Å². The van der Waals surface area contributed by atoms with Gasteiger partial charge in [0.05, 0.1) is 29.7 Å². The van der Waals surface area contributed by atoms with Gasteiger partial charge in [0.2, 0.25) is 0 Å². The third-order valence-corrected chi connectivity index (χ3v) is 5.71. The van der Waals surface area contributed by atoms with Crippen LogP contribution in [0.5, 0.6) is 5.75 Å². The van der Waals surface area contributed by atoms with Crippen LogP contribution in [0, 0.1) is 0 Å². The first-order valence-electron chi connectivity index (χ1n) is 10.1. The van der Waals surface area contributed by atoms with E-state index in [1.165, 1.54) is 0 Å². The molecule has 0 N–H and O–H groups in total. The average molecular weight is 398 g/mol. The van der Waals surface area contributed by atoms with Gasteiger partial charge in [0.1, 0.15) is 17.9 Å². The number of likely N-dealkylation sites (tertiary alicyclic amines) is 1. The van der Waals surface area contributed by atoms with E-state index in [2.05, 4.69) is 9.97 Å². The minimum absolute atomic E-state index is 0.00190. The second kappa shape index (κ2) is 7.63. The number of hydrogen-bond donors (Lipinski definition) is 0. The largest absolute Gasteiger partial charge is 0.496 e. The van der Waals surface area contributed by atoms with Crippen LogP contribution in [-0.2, 0) is 0 Å². The van der Waals surface area contributed by atoms with Crippen LogP contribution >= 0.6 is 0 Å². The summed E-state index contributed by atoms with van der Waals surface area (Å²) in [4.78, 5) is 24.2. The number of carbonyl (C=O) groups is 1. The van der Waals surface area contributed by atoms with Crippen molar-refractivity contribution < 1.29 is 9.53 Å². The molecule has 0 saturated carbocycles. The Morgan fingerprint density at radius 2 is 1.87 bits per heavy atom. The molecule has 1 atom stereocenters. The average Bonchev–Trinajstić information content (AvgIpc) is 3.46. The first-order chi connectivity index (χ1) is 14.8. The van der Waals surface area contributed by atoms with Crippen LogP contribution < -0.4 is 4.74 Å². The number of aromatic nitrogens is 3. The molecule has 6 heteroatoms. The number of nitrogens with zero attached hydrogens (tertiary/aromatic N) is 4. The summed E-state index contributed by atoms with van der Waals surface area (Å²) in [5, 5.41) is 0. The van der Waals surface area contributed by atoms with E-state index >= 15 is 0 Å². The number of rotatable bonds is 4. The van der Waals surface area contributed by atoms with Crippen molar-refractivity contribution in [2.24, 2.45) is 0 Å². The van der Waals surface area contributed by atoms with Gasteiger partial charge in [0.25, 0.3) is 5.91 Å². The number of para-hydroxylation sites is 3. The fourth-order valence-electron chi connectivity index (χ4n) is 4.24. The zero-order valence-electron chi connectivity index (χ0n) is 16.7. The third kappa shape index (κ3) is 3.10. The normalized spacial score (nSPS) is 16.2. The Kier molecular flexibility index (Phi) is 4.67. The number of ether oxygens (including phenoxy) is 1. The molecule has 0 radical (unpaired) electrons. The molecule has 30 heavy (non-hydrogen) atoms. The maximum Gasteiger partial charge on any atom is 0.255 e. The molecule has 1 aliphatic heterocycles. The monoisotopic (exact) mass is 398 g/mol. The van der Waals surface area contributed by atoms with Gasteiger partial charge >= 0.3 is 0 Å². The van der Waals surface area contributed by atoms with Crippen LogP contribution in [0.2, 0.25) is 0 Å². The SMILES string of the molecule is COc1ccccc1[C@@H]1CCCN1C(=O)c1ccc(-n2cnc3ccccc32)nc1. The quantitative estimate of drug-likeness (QED) is 0.511. The minimum Gasteiger partial charge on any atom is -0.496 e. The number of pyridine rings is 1. The lowest BCUT2D eigenvalue weighted by Gasteiger charge is -2.26. The van der Waals surface area contributed by atoms with Crippen molar-refractivity contribution >= 4 is 16.9 Å². The van der Waals surface area contributed by atoms with Crippen molar-refractivity contribution in [1.29, 1.82) is 0 Å². The number of hydrogen-bond acceptors (Lipinski definition) is 4. The second-order valence-electron chi connectivity index (χ2n) is 7.41. The second-order valence-corrected chi connectivity index (χ2v) is 7.41. The first-order valence-corrected chi connectivity index (χ1v) is 10.1. The zero-order chi connectivity index (χ0) is 20.5. The molecule has 4 aromatic rings. The lowest BCUT2D eigenvalue weighted by molar-refractivity contribution is 0.0734. The molecule has 0 spiro atoms.